The number of hydrogen-bond donors (Lipinski definition) is 2. The van der Waals surface area contributed by atoms with Gasteiger partial charge in [-0.3, -0.25) is 4.79 Å². The predicted octanol–water partition coefficient (Wildman–Crippen LogP) is 2.57. The molecule has 0 heterocycles. The van der Waals surface area contributed by atoms with E-state index < -0.39 is 0 Å². The molecule has 1 aromatic carbocycles. The number of nitrogens with one attached hydrogen (secondary N) is 1. The number of halogens is 1. The Balaban J connectivity index is 2.65. The van der Waals surface area contributed by atoms with Gasteiger partial charge in [0.2, 0.25) is 5.91 Å². The Kier molecular flexibility index (Phi) is 4.77. The molecule has 0 fully saturated rings. The summed E-state index contributed by atoms with van der Waals surface area (Å²) in [5.41, 5.74) is 7.19. The fraction of sp³-hybridized carbons (Fsp3) is 0.417. The second-order valence-electron chi connectivity index (χ2n) is 4.08. The van der Waals surface area contributed by atoms with Gasteiger partial charge in [-0.2, -0.15) is 0 Å². The zero-order chi connectivity index (χ0) is 12.1. The van der Waals surface area contributed by atoms with Gasteiger partial charge >= 0.3 is 0 Å². The first kappa shape index (κ1) is 13.0. The van der Waals surface area contributed by atoms with Gasteiger partial charge in [-0.25, -0.2) is 0 Å². The first-order valence-electron chi connectivity index (χ1n) is 5.29. The molecule has 0 aromatic heterocycles. The van der Waals surface area contributed by atoms with Crippen molar-refractivity contribution in [2.75, 3.05) is 11.9 Å². The van der Waals surface area contributed by atoms with Gasteiger partial charge in [-0.15, -0.1) is 0 Å². The van der Waals surface area contributed by atoms with Gasteiger partial charge < -0.3 is 11.1 Å². The first-order chi connectivity index (χ1) is 7.52. The van der Waals surface area contributed by atoms with Gasteiger partial charge in [0.1, 0.15) is 0 Å². The maximum absolute atomic E-state index is 11.6. The number of benzene rings is 1. The second-order valence-corrected chi connectivity index (χ2v) is 4.48. The summed E-state index contributed by atoms with van der Waals surface area (Å²) in [5, 5.41) is 3.34. The molecule has 0 radical (unpaired) electrons. The Morgan fingerprint density at radius 3 is 2.88 bits per heavy atom. The minimum atomic E-state index is -0.0505. The fourth-order valence-electron chi connectivity index (χ4n) is 1.34. The fourth-order valence-corrected chi connectivity index (χ4v) is 1.50. The van der Waals surface area contributed by atoms with E-state index in [1.807, 2.05) is 26.0 Å². The van der Waals surface area contributed by atoms with Gasteiger partial charge in [-0.1, -0.05) is 24.6 Å². The molecule has 0 saturated heterocycles. The number of carbonyl (C=O) groups is 1. The minimum Gasteiger partial charge on any atom is -0.330 e. The van der Waals surface area contributed by atoms with Crippen molar-refractivity contribution in [2.45, 2.75) is 20.3 Å². The van der Waals surface area contributed by atoms with Crippen molar-refractivity contribution >= 4 is 23.2 Å². The number of amides is 1. The summed E-state index contributed by atoms with van der Waals surface area (Å²) < 4.78 is 0. The molecular formula is C12H17ClN2O. The largest absolute Gasteiger partial charge is 0.330 e. The van der Waals surface area contributed by atoms with Crippen LogP contribution in [0, 0.1) is 12.8 Å². The van der Waals surface area contributed by atoms with Crippen LogP contribution in [0.15, 0.2) is 18.2 Å². The maximum atomic E-state index is 11.6. The first-order valence-corrected chi connectivity index (χ1v) is 5.66. The number of hydrogen-bond acceptors (Lipinski definition) is 2. The molecule has 0 bridgehead atoms. The second kappa shape index (κ2) is 5.87. The van der Waals surface area contributed by atoms with E-state index in [-0.39, 0.29) is 11.8 Å². The predicted molar refractivity (Wildman–Crippen MR) is 67.7 cm³/mol. The molecule has 0 aliphatic heterocycles. The molecule has 1 unspecified atom stereocenters. The van der Waals surface area contributed by atoms with Crippen LogP contribution >= 0.6 is 11.6 Å². The molecule has 0 aliphatic rings. The van der Waals surface area contributed by atoms with Crippen LogP contribution in [0.1, 0.15) is 18.9 Å². The van der Waals surface area contributed by atoms with Crippen LogP contribution in [-0.2, 0) is 4.79 Å². The molecule has 3 nitrogen and oxygen atoms in total. The third kappa shape index (κ3) is 3.83. The van der Waals surface area contributed by atoms with Crippen LogP contribution < -0.4 is 11.1 Å². The lowest BCUT2D eigenvalue weighted by Gasteiger charge is -2.10. The van der Waals surface area contributed by atoms with Crippen molar-refractivity contribution < 1.29 is 4.79 Å². The van der Waals surface area contributed by atoms with E-state index in [4.69, 9.17) is 17.3 Å². The quantitative estimate of drug-likeness (QED) is 0.850. The molecule has 16 heavy (non-hydrogen) atoms. The number of carbonyl (C=O) groups excluding carboxylic acids is 1. The standard InChI is InChI=1S/C12H17ClN2O/c1-8-3-4-10(13)11(5-8)15-12(16)6-9(2)7-14/h3-5,9H,6-7,14H2,1-2H3,(H,15,16). The van der Waals surface area contributed by atoms with E-state index in [1.165, 1.54) is 0 Å². The molecule has 1 amide bonds. The van der Waals surface area contributed by atoms with Crippen LogP contribution in [0.25, 0.3) is 0 Å². The average Bonchev–Trinajstić information content (AvgIpc) is 2.23. The summed E-state index contributed by atoms with van der Waals surface area (Å²) in [7, 11) is 0. The lowest BCUT2D eigenvalue weighted by Crippen LogP contribution is -2.20. The van der Waals surface area contributed by atoms with Gasteiger partial charge in [0.15, 0.2) is 0 Å². The highest BCUT2D eigenvalue weighted by atomic mass is 35.5. The van der Waals surface area contributed by atoms with Gasteiger partial charge in [0.05, 0.1) is 10.7 Å². The topological polar surface area (TPSA) is 55.1 Å². The molecule has 1 atom stereocenters. The Morgan fingerprint density at radius 2 is 2.25 bits per heavy atom. The molecule has 1 aromatic rings. The zero-order valence-electron chi connectivity index (χ0n) is 9.59. The monoisotopic (exact) mass is 240 g/mol. The summed E-state index contributed by atoms with van der Waals surface area (Å²) in [6.07, 6.45) is 0.417. The molecule has 88 valence electrons. The number of rotatable bonds is 4. The van der Waals surface area contributed by atoms with Crippen molar-refractivity contribution in [3.63, 3.8) is 0 Å². The minimum absolute atomic E-state index is 0.0505. The van der Waals surface area contributed by atoms with Gasteiger partial charge in [0.25, 0.3) is 0 Å². The van der Waals surface area contributed by atoms with E-state index >= 15 is 0 Å². The van der Waals surface area contributed by atoms with Crippen LogP contribution in [0.5, 0.6) is 0 Å². The zero-order valence-corrected chi connectivity index (χ0v) is 10.3. The highest BCUT2D eigenvalue weighted by Crippen LogP contribution is 2.23. The van der Waals surface area contributed by atoms with Crippen LogP contribution in [-0.4, -0.2) is 12.5 Å². The number of nitrogens with two attached hydrogens (primary N) is 1. The Morgan fingerprint density at radius 1 is 1.56 bits per heavy atom. The SMILES string of the molecule is Cc1ccc(Cl)c(NC(=O)CC(C)CN)c1. The molecule has 3 N–H and O–H groups in total. The molecule has 4 heteroatoms. The van der Waals surface area contributed by atoms with Crippen LogP contribution in [0.2, 0.25) is 5.02 Å². The summed E-state index contributed by atoms with van der Waals surface area (Å²) in [6, 6.07) is 5.53. The number of anilines is 1. The van der Waals surface area contributed by atoms with E-state index in [1.54, 1.807) is 6.07 Å². The van der Waals surface area contributed by atoms with Crippen molar-refractivity contribution in [1.82, 2.24) is 0 Å². The molecule has 1 rings (SSSR count). The lowest BCUT2D eigenvalue weighted by atomic mass is 10.1. The summed E-state index contributed by atoms with van der Waals surface area (Å²) in [5.74, 6) is 0.133. The Labute approximate surface area is 101 Å². The lowest BCUT2D eigenvalue weighted by molar-refractivity contribution is -0.116. The smallest absolute Gasteiger partial charge is 0.224 e. The third-order valence-corrected chi connectivity index (χ3v) is 2.66. The van der Waals surface area contributed by atoms with Crippen molar-refractivity contribution in [1.29, 1.82) is 0 Å². The summed E-state index contributed by atoms with van der Waals surface area (Å²) in [6.45, 7) is 4.40. The highest BCUT2D eigenvalue weighted by molar-refractivity contribution is 6.33. The van der Waals surface area contributed by atoms with E-state index in [9.17, 15) is 4.79 Å². The number of aryl methyl sites for hydroxylation is 1. The normalized spacial score (nSPS) is 12.2. The maximum Gasteiger partial charge on any atom is 0.224 e. The molecule has 0 saturated carbocycles. The van der Waals surface area contributed by atoms with Crippen molar-refractivity contribution in [3.8, 4) is 0 Å². The van der Waals surface area contributed by atoms with E-state index in [0.717, 1.165) is 5.56 Å². The van der Waals surface area contributed by atoms with E-state index in [0.29, 0.717) is 23.7 Å². The Hall–Kier alpha value is -1.06. The van der Waals surface area contributed by atoms with E-state index in [2.05, 4.69) is 5.32 Å². The van der Waals surface area contributed by atoms with Crippen LogP contribution in [0.3, 0.4) is 0 Å². The third-order valence-electron chi connectivity index (χ3n) is 2.33. The summed E-state index contributed by atoms with van der Waals surface area (Å²) in [4.78, 5) is 11.6. The molecular weight excluding hydrogens is 224 g/mol. The van der Waals surface area contributed by atoms with Crippen molar-refractivity contribution in [2.24, 2.45) is 11.7 Å². The molecule has 0 aliphatic carbocycles. The van der Waals surface area contributed by atoms with Gasteiger partial charge in [0, 0.05) is 6.42 Å². The average molecular weight is 241 g/mol. The highest BCUT2D eigenvalue weighted by Gasteiger charge is 2.09. The van der Waals surface area contributed by atoms with Gasteiger partial charge in [-0.05, 0) is 37.1 Å². The van der Waals surface area contributed by atoms with Crippen LogP contribution in [0.4, 0.5) is 5.69 Å². The summed E-state index contributed by atoms with van der Waals surface area (Å²) >= 11 is 5.97. The molecule has 0 spiro atoms. The van der Waals surface area contributed by atoms with Crippen molar-refractivity contribution in [3.05, 3.63) is 28.8 Å². The Bertz CT molecular complexity index is 379.